The number of aliphatic hydroxyl groups is 2. The maximum absolute atomic E-state index is 15.6. The Kier molecular flexibility index (Phi) is 16.0. The van der Waals surface area contributed by atoms with Crippen molar-refractivity contribution in [1.29, 1.82) is 0 Å². The summed E-state index contributed by atoms with van der Waals surface area (Å²) in [5, 5.41) is 21.3. The molecular weight excluding hydrogens is 911 g/mol. The number of ether oxygens (including phenoxy) is 12. The number of hydrogen-bond acceptors (Lipinski definition) is 14. The molecule has 0 spiro atoms. The van der Waals surface area contributed by atoms with Crippen molar-refractivity contribution in [3.63, 3.8) is 0 Å². The second kappa shape index (κ2) is 21.7. The summed E-state index contributed by atoms with van der Waals surface area (Å²) in [7, 11) is 0. The van der Waals surface area contributed by atoms with Crippen LogP contribution < -0.4 is 0 Å². The largest absolute Gasteiger partial charge is 0.388 e. The smallest absolute Gasteiger partial charge is 0.139 e. The average Bonchev–Trinajstić information content (AvgIpc) is 4.14. The van der Waals surface area contributed by atoms with Gasteiger partial charge in [-0.2, -0.15) is 0 Å². The van der Waals surface area contributed by atoms with Crippen LogP contribution in [-0.4, -0.2) is 186 Å². The van der Waals surface area contributed by atoms with Gasteiger partial charge >= 0.3 is 0 Å². The average molecular weight is 997 g/mol. The molecule has 22 atom stereocenters. The molecule has 16 heteroatoms. The van der Waals surface area contributed by atoms with Gasteiger partial charge in [-0.3, -0.25) is 0 Å². The molecule has 0 aromatic heterocycles. The van der Waals surface area contributed by atoms with Gasteiger partial charge < -0.3 is 67.1 Å². The second-order valence-corrected chi connectivity index (χ2v) is 24.4. The Hall–Kier alpha value is -0.700. The maximum Gasteiger partial charge on any atom is 0.139 e. The SMILES string of the molecule is CCC12CC(CCC1OCC(O)COC1CC3(CC)CC1CCC3OCC1CO1)C(OCC1CO1)C2.OC(COC1CC2(F)CC1CCC2OCC1CO1)COC1CCC2CC1(F)CC2OCC1CO1. The molecule has 0 aromatic rings. The van der Waals surface area contributed by atoms with Crippen LogP contribution in [0.2, 0.25) is 0 Å². The number of fused-ring (bicyclic) bond motifs is 8. The molecule has 2 N–H and O–H groups in total. The van der Waals surface area contributed by atoms with Gasteiger partial charge in [-0.25, -0.2) is 8.78 Å². The normalized spacial score (nSPS) is 48.8. The molecule has 0 aromatic carbocycles. The third kappa shape index (κ3) is 12.0. The fourth-order valence-electron chi connectivity index (χ4n) is 15.1. The van der Waals surface area contributed by atoms with Gasteiger partial charge in [-0.05, 0) is 137 Å². The molecule has 8 aliphatic carbocycles. The summed E-state index contributed by atoms with van der Waals surface area (Å²) in [4.78, 5) is 0. The Bertz CT molecular complexity index is 1700. The summed E-state index contributed by atoms with van der Waals surface area (Å²) in [5.74, 6) is 1.62. The summed E-state index contributed by atoms with van der Waals surface area (Å²) in [6.45, 7) is 11.0. The van der Waals surface area contributed by atoms with Crippen molar-refractivity contribution in [3.8, 4) is 0 Å². The molecular formula is C54H86F2O14. The van der Waals surface area contributed by atoms with E-state index in [-0.39, 0.29) is 72.5 Å². The zero-order chi connectivity index (χ0) is 48.1. The van der Waals surface area contributed by atoms with E-state index >= 15 is 8.78 Å². The van der Waals surface area contributed by atoms with Gasteiger partial charge in [0.05, 0.1) is 128 Å². The molecule has 4 heterocycles. The van der Waals surface area contributed by atoms with Crippen molar-refractivity contribution in [2.75, 3.05) is 79.3 Å². The predicted octanol–water partition coefficient (Wildman–Crippen LogP) is 6.40. The number of halogens is 2. The van der Waals surface area contributed by atoms with Crippen LogP contribution in [0.1, 0.15) is 129 Å². The standard InChI is InChI=1S/C29H48O7.C25H38F2O7/c1-3-28-10-20(25(12-28)34-17-22-15-31-22)5-7-26(28)35-14-21(30)13-33-24-11-29(4-2)9-19(24)6-8-27(29)36-18-23-16-32-23;26-24-6-16(21(8-24)32-13-18-11-29-18)1-3-22(24)33-10-17(28)9-31-20-7-25(27)5-15(20)2-4-23(25)34-14-19-12-30-19/h19-27,30H,3-18H2,1-2H3;15-23,28H,1-14H2. The van der Waals surface area contributed by atoms with Crippen molar-refractivity contribution in [2.45, 2.75) is 226 Å². The van der Waals surface area contributed by atoms with E-state index in [1.807, 2.05) is 0 Å². The quantitative estimate of drug-likeness (QED) is 0.0916. The fraction of sp³-hybridized carbons (Fsp3) is 1.00. The Morgan fingerprint density at radius 2 is 0.714 bits per heavy atom. The van der Waals surface area contributed by atoms with Crippen LogP contribution in [0.25, 0.3) is 0 Å². The third-order valence-electron chi connectivity index (χ3n) is 19.6. The van der Waals surface area contributed by atoms with E-state index in [1.54, 1.807) is 0 Å². The number of epoxide rings is 4. The Morgan fingerprint density at radius 1 is 0.400 bits per heavy atom. The van der Waals surface area contributed by atoms with Gasteiger partial charge in [0.1, 0.15) is 48.0 Å². The van der Waals surface area contributed by atoms with Crippen LogP contribution in [0.3, 0.4) is 0 Å². The number of hydrogen-bond donors (Lipinski definition) is 2. The highest BCUT2D eigenvalue weighted by Crippen LogP contribution is 2.57. The summed E-state index contributed by atoms with van der Waals surface area (Å²) in [6.07, 6.45) is 15.3. The van der Waals surface area contributed by atoms with Crippen LogP contribution in [0.4, 0.5) is 8.78 Å². The number of aliphatic hydroxyl groups excluding tert-OH is 2. The molecule has 0 radical (unpaired) electrons. The van der Waals surface area contributed by atoms with Crippen LogP contribution in [0, 0.1) is 34.5 Å². The minimum absolute atomic E-state index is 0.0215. The van der Waals surface area contributed by atoms with Crippen LogP contribution in [0.15, 0.2) is 0 Å². The third-order valence-corrected chi connectivity index (χ3v) is 19.6. The van der Waals surface area contributed by atoms with Crippen molar-refractivity contribution in [3.05, 3.63) is 0 Å². The predicted molar refractivity (Wildman–Crippen MR) is 250 cm³/mol. The van der Waals surface area contributed by atoms with Gasteiger partial charge in [-0.1, -0.05) is 13.8 Å². The van der Waals surface area contributed by atoms with E-state index in [2.05, 4.69) is 13.8 Å². The zero-order valence-corrected chi connectivity index (χ0v) is 42.2. The summed E-state index contributed by atoms with van der Waals surface area (Å²) in [5.41, 5.74) is -2.35. The lowest BCUT2D eigenvalue weighted by Crippen LogP contribution is -2.42. The van der Waals surface area contributed by atoms with Crippen molar-refractivity contribution >= 4 is 0 Å². The minimum atomic E-state index is -1.40. The fourth-order valence-corrected chi connectivity index (χ4v) is 15.1. The summed E-state index contributed by atoms with van der Waals surface area (Å²) in [6, 6.07) is 0. The lowest BCUT2D eigenvalue weighted by molar-refractivity contribution is -0.116. The first-order valence-corrected chi connectivity index (χ1v) is 28.1. The Balaban J connectivity index is 0.000000153. The lowest BCUT2D eigenvalue weighted by Gasteiger charge is -2.40. The maximum atomic E-state index is 15.6. The van der Waals surface area contributed by atoms with Crippen LogP contribution in [0.5, 0.6) is 0 Å². The topological polar surface area (TPSA) is 164 Å². The van der Waals surface area contributed by atoms with E-state index in [1.165, 1.54) is 12.8 Å². The van der Waals surface area contributed by atoms with Gasteiger partial charge in [-0.15, -0.1) is 0 Å². The molecule has 12 rings (SSSR count). The lowest BCUT2D eigenvalue weighted by atomic mass is 9.71. The summed E-state index contributed by atoms with van der Waals surface area (Å²) < 4.78 is 101. The Morgan fingerprint density at radius 3 is 1.16 bits per heavy atom. The molecule has 4 aliphatic heterocycles. The Labute approximate surface area is 414 Å². The molecule has 22 unspecified atom stereocenters. The molecule has 12 aliphatic rings. The first kappa shape index (κ1) is 51.4. The van der Waals surface area contributed by atoms with Crippen molar-refractivity contribution in [1.82, 2.24) is 0 Å². The van der Waals surface area contributed by atoms with Crippen LogP contribution in [-0.2, 0) is 56.8 Å². The first-order chi connectivity index (χ1) is 33.9. The van der Waals surface area contributed by atoms with Gasteiger partial charge in [0, 0.05) is 12.8 Å². The van der Waals surface area contributed by atoms with Crippen molar-refractivity contribution < 1.29 is 75.8 Å². The first-order valence-electron chi connectivity index (χ1n) is 28.1. The minimum Gasteiger partial charge on any atom is -0.388 e. The highest BCUT2D eigenvalue weighted by atomic mass is 19.1. The van der Waals surface area contributed by atoms with E-state index in [0.29, 0.717) is 108 Å². The van der Waals surface area contributed by atoms with Crippen molar-refractivity contribution in [2.24, 2.45) is 34.5 Å². The molecule has 8 saturated carbocycles. The molecule has 4 saturated heterocycles. The summed E-state index contributed by atoms with van der Waals surface area (Å²) >= 11 is 0. The van der Waals surface area contributed by atoms with Gasteiger partial charge in [0.25, 0.3) is 0 Å². The highest BCUT2D eigenvalue weighted by molar-refractivity contribution is 5.08. The molecule has 400 valence electrons. The molecule has 14 nitrogen and oxygen atoms in total. The van der Waals surface area contributed by atoms with E-state index in [9.17, 15) is 10.2 Å². The van der Waals surface area contributed by atoms with Gasteiger partial charge in [0.15, 0.2) is 0 Å². The molecule has 0 amide bonds. The highest BCUT2D eigenvalue weighted by Gasteiger charge is 2.58. The zero-order valence-electron chi connectivity index (χ0n) is 42.2. The van der Waals surface area contributed by atoms with Gasteiger partial charge in [0.2, 0.25) is 0 Å². The monoisotopic (exact) mass is 997 g/mol. The van der Waals surface area contributed by atoms with E-state index in [0.717, 1.165) is 97.2 Å². The van der Waals surface area contributed by atoms with E-state index in [4.69, 9.17) is 56.8 Å². The number of alkyl halides is 2. The molecule has 70 heavy (non-hydrogen) atoms. The number of rotatable bonds is 26. The van der Waals surface area contributed by atoms with Crippen LogP contribution >= 0.6 is 0 Å². The molecule has 8 bridgehead atoms. The second-order valence-electron chi connectivity index (χ2n) is 24.4. The molecule has 12 fully saturated rings. The van der Waals surface area contributed by atoms with E-state index < -0.39 is 35.8 Å².